The third-order valence-corrected chi connectivity index (χ3v) is 6.34. The molecule has 10 heteroatoms. The Bertz CT molecular complexity index is 959. The summed E-state index contributed by atoms with van der Waals surface area (Å²) in [5.41, 5.74) is 1.66. The molecule has 2 N–H and O–H groups in total. The Hall–Kier alpha value is -3.24. The second-order valence-electron chi connectivity index (χ2n) is 8.92. The van der Waals surface area contributed by atoms with E-state index in [2.05, 4.69) is 35.6 Å². The Kier molecular flexibility index (Phi) is 16.5. The lowest BCUT2D eigenvalue weighted by Gasteiger charge is -2.41. The fourth-order valence-electron chi connectivity index (χ4n) is 4.33. The summed E-state index contributed by atoms with van der Waals surface area (Å²) in [7, 11) is 0. The molecule has 1 fully saturated rings. The molecule has 2 unspecified atom stereocenters. The van der Waals surface area contributed by atoms with Crippen LogP contribution in [0.15, 0.2) is 66.0 Å². The molecule has 0 radical (unpaired) electrons. The monoisotopic (exact) mass is 560 g/mol. The average molecular weight is 561 g/mol. The van der Waals surface area contributed by atoms with Crippen molar-refractivity contribution in [3.05, 3.63) is 61.0 Å². The summed E-state index contributed by atoms with van der Waals surface area (Å²) >= 11 is 0. The van der Waals surface area contributed by atoms with Crippen LogP contribution in [0, 0.1) is 0 Å². The number of fused-ring (bicyclic) bond motifs is 1. The largest absolute Gasteiger partial charge is 0.348 e. The van der Waals surface area contributed by atoms with Gasteiger partial charge in [-0.3, -0.25) is 14.5 Å². The molecule has 224 valence electrons. The van der Waals surface area contributed by atoms with Crippen molar-refractivity contribution in [3.8, 4) is 0 Å². The number of nitrogens with zero attached hydrogens (tertiary/aromatic N) is 4. The summed E-state index contributed by atoms with van der Waals surface area (Å²) in [6.45, 7) is 22.4. The van der Waals surface area contributed by atoms with Gasteiger partial charge in [-0.25, -0.2) is 9.38 Å². The van der Waals surface area contributed by atoms with E-state index >= 15 is 0 Å². The van der Waals surface area contributed by atoms with Gasteiger partial charge in [0.15, 0.2) is 12.5 Å². The van der Waals surface area contributed by atoms with Crippen molar-refractivity contribution in [3.63, 3.8) is 0 Å². The number of nitrogens with one attached hydrogen (secondary N) is 2. The predicted octanol–water partition coefficient (Wildman–Crippen LogP) is 4.10. The van der Waals surface area contributed by atoms with Gasteiger partial charge in [-0.15, -0.1) is 0 Å². The summed E-state index contributed by atoms with van der Waals surface area (Å²) in [4.78, 5) is 35.3. The smallest absolute Gasteiger partial charge is 0.248 e. The second-order valence-corrected chi connectivity index (χ2v) is 8.92. The number of allylic oxidation sites excluding steroid dienone is 2. The van der Waals surface area contributed by atoms with Gasteiger partial charge in [0.1, 0.15) is 0 Å². The summed E-state index contributed by atoms with van der Waals surface area (Å²) < 4.78 is 17.7. The quantitative estimate of drug-likeness (QED) is 0.225. The van der Waals surface area contributed by atoms with Gasteiger partial charge in [0.2, 0.25) is 17.8 Å². The zero-order valence-electron chi connectivity index (χ0n) is 25.2. The lowest BCUT2D eigenvalue weighted by molar-refractivity contribution is -0.129. The van der Waals surface area contributed by atoms with Gasteiger partial charge in [-0.05, 0) is 44.9 Å². The Morgan fingerprint density at radius 2 is 1.95 bits per heavy atom. The van der Waals surface area contributed by atoms with E-state index in [1.54, 1.807) is 28.0 Å². The molecule has 3 aliphatic heterocycles. The van der Waals surface area contributed by atoms with Gasteiger partial charge in [-0.2, -0.15) is 0 Å². The first-order valence-electron chi connectivity index (χ1n) is 14.4. The number of halogens is 1. The summed E-state index contributed by atoms with van der Waals surface area (Å²) in [6, 6.07) is 0.181. The van der Waals surface area contributed by atoms with Crippen LogP contribution in [0.3, 0.4) is 0 Å². The van der Waals surface area contributed by atoms with E-state index in [1.165, 1.54) is 13.0 Å². The van der Waals surface area contributed by atoms with Crippen LogP contribution < -0.4 is 10.6 Å². The van der Waals surface area contributed by atoms with Gasteiger partial charge in [0.25, 0.3) is 0 Å². The second kappa shape index (κ2) is 18.9. The summed E-state index contributed by atoms with van der Waals surface area (Å²) in [5.74, 6) is 0.380. The Balaban J connectivity index is 0.00000191. The van der Waals surface area contributed by atoms with E-state index in [1.807, 2.05) is 40.0 Å². The molecule has 3 atom stereocenters. The van der Waals surface area contributed by atoms with E-state index < -0.39 is 12.5 Å². The van der Waals surface area contributed by atoms with Gasteiger partial charge in [0, 0.05) is 62.3 Å². The van der Waals surface area contributed by atoms with E-state index in [0.29, 0.717) is 51.6 Å². The lowest BCUT2D eigenvalue weighted by atomic mass is 10.1. The molecule has 0 spiro atoms. The first-order valence-corrected chi connectivity index (χ1v) is 14.4. The van der Waals surface area contributed by atoms with Crippen LogP contribution in [0.2, 0.25) is 0 Å². The SMILES string of the molecule is C=CC(=O)N1CCN(CCN2C(=O)C=CC3=CNC(N/C(C=C)=C/CCCOC(C)F)=NC32)[C@@H](C)C1.CC.CC. The minimum atomic E-state index is -1.27. The molecule has 0 aromatic heterocycles. The first kappa shape index (κ1) is 34.8. The van der Waals surface area contributed by atoms with Crippen molar-refractivity contribution in [1.82, 2.24) is 25.3 Å². The van der Waals surface area contributed by atoms with Crippen LogP contribution in [0.1, 0.15) is 54.4 Å². The van der Waals surface area contributed by atoms with E-state index in [9.17, 15) is 14.0 Å². The molecule has 40 heavy (non-hydrogen) atoms. The molecule has 3 aliphatic rings. The maximum absolute atomic E-state index is 12.8. The van der Waals surface area contributed by atoms with Crippen LogP contribution in [-0.4, -0.2) is 90.4 Å². The topological polar surface area (TPSA) is 89.5 Å². The highest BCUT2D eigenvalue weighted by atomic mass is 19.1. The minimum absolute atomic E-state index is 0.0488. The Morgan fingerprint density at radius 1 is 1.23 bits per heavy atom. The van der Waals surface area contributed by atoms with Crippen LogP contribution in [0.4, 0.5) is 4.39 Å². The highest BCUT2D eigenvalue weighted by molar-refractivity contribution is 5.92. The number of carbonyl (C=O) groups excluding carboxylic acids is 2. The highest BCUT2D eigenvalue weighted by Crippen LogP contribution is 2.22. The summed E-state index contributed by atoms with van der Waals surface area (Å²) in [5, 5.41) is 6.35. The zero-order chi connectivity index (χ0) is 30.1. The number of piperazine rings is 1. The maximum Gasteiger partial charge on any atom is 0.248 e. The summed E-state index contributed by atoms with van der Waals surface area (Å²) in [6.07, 6.45) is 9.85. The molecular weight excluding hydrogens is 511 g/mol. The van der Waals surface area contributed by atoms with Crippen LogP contribution in [0.25, 0.3) is 0 Å². The highest BCUT2D eigenvalue weighted by Gasteiger charge is 2.32. The molecule has 3 heterocycles. The molecule has 0 saturated carbocycles. The average Bonchev–Trinajstić information content (AvgIpc) is 2.97. The zero-order valence-corrected chi connectivity index (χ0v) is 25.2. The molecule has 0 aromatic rings. The normalized spacial score (nSPS) is 21.3. The fraction of sp³-hybridized carbons (Fsp3) is 0.567. The van der Waals surface area contributed by atoms with Crippen molar-refractivity contribution in [1.29, 1.82) is 0 Å². The number of aliphatic imine (C=N–C) groups is 1. The number of rotatable bonds is 11. The van der Waals surface area contributed by atoms with Crippen LogP contribution >= 0.6 is 0 Å². The number of unbranched alkanes of at least 4 members (excludes halogenated alkanes) is 1. The molecule has 9 nitrogen and oxygen atoms in total. The van der Waals surface area contributed by atoms with Crippen LogP contribution in [0.5, 0.6) is 0 Å². The van der Waals surface area contributed by atoms with E-state index in [0.717, 1.165) is 17.8 Å². The molecule has 1 saturated heterocycles. The van der Waals surface area contributed by atoms with E-state index in [-0.39, 0.29) is 17.9 Å². The molecule has 0 bridgehead atoms. The van der Waals surface area contributed by atoms with Crippen LogP contribution in [-0.2, 0) is 14.3 Å². The number of alkyl halides is 1. The Labute approximate surface area is 240 Å². The van der Waals surface area contributed by atoms with Crippen molar-refractivity contribution in [2.24, 2.45) is 4.99 Å². The minimum Gasteiger partial charge on any atom is -0.348 e. The van der Waals surface area contributed by atoms with Gasteiger partial charge >= 0.3 is 0 Å². The fourth-order valence-corrected chi connectivity index (χ4v) is 4.33. The standard InChI is InChI=1S/C26H37FN6O3.2C2H6/c1-5-22(9-7-8-16-36-20(4)27)29-26-28-17-21-10-11-24(35)33(25(21)30-26)15-14-31-12-13-32(18-19(31)3)23(34)6-2;2*1-2/h5-6,9-11,17,19-20,25H,1-2,7-8,12-16,18H2,3-4H3,(H2,28,29,30);2*1-2H3/b22-9+;;/t19-,20?,25?;;/m0../s1. The van der Waals surface area contributed by atoms with E-state index in [4.69, 9.17) is 9.73 Å². The number of hydrogen-bond acceptors (Lipinski definition) is 7. The maximum atomic E-state index is 12.8. The molecule has 0 aliphatic carbocycles. The van der Waals surface area contributed by atoms with Crippen molar-refractivity contribution in [2.45, 2.75) is 72.9 Å². The van der Waals surface area contributed by atoms with Crippen molar-refractivity contribution < 1.29 is 18.7 Å². The third-order valence-electron chi connectivity index (χ3n) is 6.34. The molecule has 0 aromatic carbocycles. The van der Waals surface area contributed by atoms with Gasteiger partial charge < -0.3 is 25.2 Å². The number of hydrogen-bond donors (Lipinski definition) is 2. The number of ether oxygens (including phenoxy) is 1. The number of amides is 2. The lowest BCUT2D eigenvalue weighted by Crippen LogP contribution is -2.56. The molecule has 2 amide bonds. The number of guanidine groups is 1. The first-order chi connectivity index (χ1) is 19.3. The van der Waals surface area contributed by atoms with Crippen molar-refractivity contribution >= 4 is 17.8 Å². The predicted molar refractivity (Wildman–Crippen MR) is 161 cm³/mol. The molecule has 3 rings (SSSR count). The number of carbonyl (C=O) groups is 2. The van der Waals surface area contributed by atoms with Crippen molar-refractivity contribution in [2.75, 3.05) is 39.3 Å². The Morgan fingerprint density at radius 3 is 2.58 bits per heavy atom. The van der Waals surface area contributed by atoms with Gasteiger partial charge in [-0.1, -0.05) is 46.9 Å². The third kappa shape index (κ3) is 10.7. The van der Waals surface area contributed by atoms with Gasteiger partial charge in [0.05, 0.1) is 6.61 Å². The molecular formula is C30H49FN6O3.